The molecular formula is C21H24N4O3. The molecule has 2 heterocycles. The molecule has 1 N–H and O–H groups in total. The Balaban J connectivity index is 1.61. The van der Waals surface area contributed by atoms with Crippen molar-refractivity contribution >= 4 is 29.1 Å². The van der Waals surface area contributed by atoms with Gasteiger partial charge in [-0.15, -0.1) is 0 Å². The zero-order chi connectivity index (χ0) is 20.3. The lowest BCUT2D eigenvalue weighted by molar-refractivity contribution is -0.116. The molecule has 0 atom stereocenters. The van der Waals surface area contributed by atoms with E-state index in [2.05, 4.69) is 29.0 Å². The summed E-state index contributed by atoms with van der Waals surface area (Å²) in [7, 11) is 0. The molecule has 0 saturated heterocycles. The van der Waals surface area contributed by atoms with Gasteiger partial charge in [0.2, 0.25) is 5.91 Å². The number of nitrogens with zero attached hydrogens (tertiary/aromatic N) is 3. The van der Waals surface area contributed by atoms with E-state index < -0.39 is 11.8 Å². The van der Waals surface area contributed by atoms with Gasteiger partial charge in [0.05, 0.1) is 5.56 Å². The number of aryl methyl sites for hydroxylation is 1. The lowest BCUT2D eigenvalue weighted by Crippen LogP contribution is -2.33. The van der Waals surface area contributed by atoms with Crippen LogP contribution in [0.25, 0.3) is 0 Å². The van der Waals surface area contributed by atoms with Gasteiger partial charge < -0.3 is 10.2 Å². The van der Waals surface area contributed by atoms with Crippen molar-refractivity contribution in [3.8, 4) is 0 Å². The van der Waals surface area contributed by atoms with Gasteiger partial charge in [0.15, 0.2) is 0 Å². The van der Waals surface area contributed by atoms with Crippen LogP contribution in [0.3, 0.4) is 0 Å². The second kappa shape index (κ2) is 8.21. The Hall–Kier alpha value is -3.22. The minimum atomic E-state index is -0.451. The van der Waals surface area contributed by atoms with E-state index in [-0.39, 0.29) is 30.1 Å². The van der Waals surface area contributed by atoms with Gasteiger partial charge in [-0.2, -0.15) is 0 Å². The predicted octanol–water partition coefficient (Wildman–Crippen LogP) is 2.86. The van der Waals surface area contributed by atoms with Crippen molar-refractivity contribution < 1.29 is 14.4 Å². The summed E-state index contributed by atoms with van der Waals surface area (Å²) in [5, 5.41) is 2.86. The third kappa shape index (κ3) is 3.74. The molecule has 7 nitrogen and oxygen atoms in total. The van der Waals surface area contributed by atoms with Gasteiger partial charge in [-0.3, -0.25) is 24.3 Å². The molecule has 0 radical (unpaired) electrons. The van der Waals surface area contributed by atoms with Gasteiger partial charge in [-0.05, 0) is 56.7 Å². The van der Waals surface area contributed by atoms with Crippen molar-refractivity contribution in [3.05, 3.63) is 53.3 Å². The maximum atomic E-state index is 12.4. The number of amides is 3. The number of fused-ring (bicyclic) bond motifs is 1. The fourth-order valence-electron chi connectivity index (χ4n) is 3.32. The Labute approximate surface area is 164 Å². The monoisotopic (exact) mass is 380 g/mol. The minimum absolute atomic E-state index is 0.0242. The number of carbonyl (C=O) groups is 3. The first-order valence-corrected chi connectivity index (χ1v) is 9.42. The fraction of sp³-hybridized carbons (Fsp3) is 0.333. The Bertz CT molecular complexity index is 887. The van der Waals surface area contributed by atoms with Crippen LogP contribution in [0.4, 0.5) is 11.4 Å². The van der Waals surface area contributed by atoms with E-state index in [0.717, 1.165) is 34.9 Å². The summed E-state index contributed by atoms with van der Waals surface area (Å²) in [6.07, 6.45) is 1.51. The molecule has 28 heavy (non-hydrogen) atoms. The third-order valence-electron chi connectivity index (χ3n) is 4.91. The molecule has 146 valence electrons. The average molecular weight is 380 g/mol. The quantitative estimate of drug-likeness (QED) is 0.747. The van der Waals surface area contributed by atoms with Crippen LogP contribution in [0.5, 0.6) is 0 Å². The molecule has 1 aliphatic rings. The zero-order valence-electron chi connectivity index (χ0n) is 16.4. The van der Waals surface area contributed by atoms with Gasteiger partial charge in [-0.1, -0.05) is 0 Å². The summed E-state index contributed by atoms with van der Waals surface area (Å²) >= 11 is 0. The molecule has 0 fully saturated rings. The number of benzene rings is 1. The minimum Gasteiger partial charge on any atom is -0.372 e. The molecule has 3 rings (SSSR count). The first kappa shape index (κ1) is 19.5. The first-order chi connectivity index (χ1) is 13.5. The van der Waals surface area contributed by atoms with Crippen molar-refractivity contribution in [3.63, 3.8) is 0 Å². The van der Waals surface area contributed by atoms with E-state index in [0.29, 0.717) is 0 Å². The number of nitrogens with one attached hydrogen (secondary N) is 1. The summed E-state index contributed by atoms with van der Waals surface area (Å²) in [6, 6.07) is 9.09. The topological polar surface area (TPSA) is 82.6 Å². The van der Waals surface area contributed by atoms with Gasteiger partial charge in [-0.25, -0.2) is 0 Å². The molecular weight excluding hydrogens is 356 g/mol. The number of carbonyl (C=O) groups excluding carboxylic acids is 3. The number of rotatable bonds is 7. The molecule has 3 amide bonds. The largest absolute Gasteiger partial charge is 0.372 e. The molecule has 0 bridgehead atoms. The van der Waals surface area contributed by atoms with E-state index in [1.54, 1.807) is 12.1 Å². The number of pyridine rings is 1. The molecule has 1 aromatic carbocycles. The highest BCUT2D eigenvalue weighted by atomic mass is 16.2. The van der Waals surface area contributed by atoms with E-state index in [1.807, 2.05) is 25.1 Å². The maximum absolute atomic E-state index is 12.4. The van der Waals surface area contributed by atoms with Crippen molar-refractivity contribution in [2.45, 2.75) is 27.2 Å². The molecule has 7 heteroatoms. The number of hydrogen-bond acceptors (Lipinski definition) is 5. The lowest BCUT2D eigenvalue weighted by Gasteiger charge is -2.22. The van der Waals surface area contributed by atoms with Gasteiger partial charge in [0.25, 0.3) is 11.8 Å². The molecule has 0 unspecified atom stereocenters. The standard InChI is InChI=1S/C21H24N4O3/c1-4-24(5-2)15-8-9-17(14(3)13-15)23-18(26)10-12-25-20(27)16-7-6-11-22-19(16)21(25)28/h6-9,11,13H,4-5,10,12H2,1-3H3,(H,23,26). The molecule has 1 aliphatic heterocycles. The third-order valence-corrected chi connectivity index (χ3v) is 4.91. The molecule has 1 aromatic heterocycles. The van der Waals surface area contributed by atoms with Crippen LogP contribution in [-0.2, 0) is 4.79 Å². The number of anilines is 2. The summed E-state index contributed by atoms with van der Waals surface area (Å²) in [6.45, 7) is 8.00. The highest BCUT2D eigenvalue weighted by Crippen LogP contribution is 2.23. The van der Waals surface area contributed by atoms with E-state index in [4.69, 9.17) is 0 Å². The predicted molar refractivity (Wildman–Crippen MR) is 108 cm³/mol. The first-order valence-electron chi connectivity index (χ1n) is 9.42. The highest BCUT2D eigenvalue weighted by molar-refractivity contribution is 6.20. The zero-order valence-corrected chi connectivity index (χ0v) is 16.4. The van der Waals surface area contributed by atoms with Crippen LogP contribution in [0, 0.1) is 6.92 Å². The van der Waals surface area contributed by atoms with Crippen LogP contribution >= 0.6 is 0 Å². The summed E-state index contributed by atoms with van der Waals surface area (Å²) in [4.78, 5) is 44.2. The van der Waals surface area contributed by atoms with E-state index in [9.17, 15) is 14.4 Å². The van der Waals surface area contributed by atoms with E-state index >= 15 is 0 Å². The number of hydrogen-bond donors (Lipinski definition) is 1. The van der Waals surface area contributed by atoms with E-state index in [1.165, 1.54) is 6.20 Å². The smallest absolute Gasteiger partial charge is 0.280 e. The Morgan fingerprint density at radius 1 is 1.14 bits per heavy atom. The van der Waals surface area contributed by atoms with Crippen LogP contribution < -0.4 is 10.2 Å². The summed E-state index contributed by atoms with van der Waals surface area (Å²) in [5.41, 5.74) is 3.23. The maximum Gasteiger partial charge on any atom is 0.280 e. The SMILES string of the molecule is CCN(CC)c1ccc(NC(=O)CCN2C(=O)c3cccnc3C2=O)c(C)c1. The molecule has 0 saturated carbocycles. The van der Waals surface area contributed by atoms with Crippen molar-refractivity contribution in [1.29, 1.82) is 0 Å². The fourth-order valence-corrected chi connectivity index (χ4v) is 3.32. The van der Waals surface area contributed by atoms with Crippen LogP contribution in [-0.4, -0.2) is 47.2 Å². The average Bonchev–Trinajstić information content (AvgIpc) is 2.94. The Kier molecular flexibility index (Phi) is 5.73. The molecule has 0 aliphatic carbocycles. The molecule has 0 spiro atoms. The van der Waals surface area contributed by atoms with Crippen LogP contribution in [0.2, 0.25) is 0 Å². The van der Waals surface area contributed by atoms with Crippen LogP contribution in [0.15, 0.2) is 36.5 Å². The number of imide groups is 1. The van der Waals surface area contributed by atoms with Gasteiger partial charge >= 0.3 is 0 Å². The Morgan fingerprint density at radius 3 is 2.54 bits per heavy atom. The highest BCUT2D eigenvalue weighted by Gasteiger charge is 2.36. The van der Waals surface area contributed by atoms with Gasteiger partial charge in [0, 0.05) is 43.6 Å². The van der Waals surface area contributed by atoms with Crippen molar-refractivity contribution in [2.75, 3.05) is 29.9 Å². The van der Waals surface area contributed by atoms with Crippen molar-refractivity contribution in [1.82, 2.24) is 9.88 Å². The second-order valence-electron chi connectivity index (χ2n) is 6.63. The molecule has 2 aromatic rings. The Morgan fingerprint density at radius 2 is 1.89 bits per heavy atom. The summed E-state index contributed by atoms with van der Waals surface area (Å²) < 4.78 is 0. The lowest BCUT2D eigenvalue weighted by atomic mass is 10.1. The second-order valence-corrected chi connectivity index (χ2v) is 6.63. The summed E-state index contributed by atoms with van der Waals surface area (Å²) in [5.74, 6) is -1.10. The number of aromatic nitrogens is 1. The van der Waals surface area contributed by atoms with Crippen LogP contribution in [0.1, 0.15) is 46.7 Å². The van der Waals surface area contributed by atoms with Crippen molar-refractivity contribution in [2.24, 2.45) is 0 Å². The van der Waals surface area contributed by atoms with Gasteiger partial charge in [0.1, 0.15) is 5.69 Å². The normalized spacial score (nSPS) is 12.9.